The van der Waals surface area contributed by atoms with Crippen LogP contribution in [-0.4, -0.2) is 54.0 Å². The Bertz CT molecular complexity index is 1380. The van der Waals surface area contributed by atoms with Crippen LogP contribution in [0.15, 0.2) is 30.6 Å². The first-order valence-corrected chi connectivity index (χ1v) is 12.0. The molecule has 2 bridgehead atoms. The first-order chi connectivity index (χ1) is 17.0. The first-order valence-electron chi connectivity index (χ1n) is 12.0. The minimum absolute atomic E-state index is 0.0112. The number of halogens is 2. The molecule has 1 N–H and O–H groups in total. The van der Waals surface area contributed by atoms with Gasteiger partial charge in [-0.1, -0.05) is 0 Å². The van der Waals surface area contributed by atoms with Crippen LogP contribution < -0.4 is 15.0 Å². The minimum atomic E-state index is -3.06. The lowest BCUT2D eigenvalue weighted by atomic mass is 9.83. The van der Waals surface area contributed by atoms with Gasteiger partial charge < -0.3 is 10.1 Å². The molecule has 3 aliphatic rings. The largest absolute Gasteiger partial charge is 0.467 e. The Morgan fingerprint density at radius 2 is 1.97 bits per heavy atom. The number of piperidine rings is 1. The highest BCUT2D eigenvalue weighted by Gasteiger charge is 2.66. The Morgan fingerprint density at radius 3 is 2.67 bits per heavy atom. The number of nitrogens with one attached hydrogen (secondary N) is 1. The van der Waals surface area contributed by atoms with Gasteiger partial charge in [-0.05, 0) is 45.7 Å². The number of nitrogens with zero attached hydrogens (tertiary/aromatic N) is 6. The number of hydrogen-bond donors (Lipinski definition) is 1. The van der Waals surface area contributed by atoms with Crippen LogP contribution in [0.1, 0.15) is 54.7 Å². The molecule has 3 aromatic heterocycles. The van der Waals surface area contributed by atoms with Crippen LogP contribution in [0.2, 0.25) is 0 Å². The molecule has 0 saturated carbocycles. The number of anilines is 1. The summed E-state index contributed by atoms with van der Waals surface area (Å²) in [5, 5.41) is 15.6. The summed E-state index contributed by atoms with van der Waals surface area (Å²) in [7, 11) is 1.83. The molecular weight excluding hydrogens is 468 g/mol. The summed E-state index contributed by atoms with van der Waals surface area (Å²) < 4.78 is 37.8. The third-order valence-electron chi connectivity index (χ3n) is 7.78. The van der Waals surface area contributed by atoms with Crippen LogP contribution in [0.5, 0.6) is 5.88 Å². The molecule has 6 heterocycles. The van der Waals surface area contributed by atoms with Crippen LogP contribution >= 0.6 is 0 Å². The third-order valence-corrected chi connectivity index (χ3v) is 7.78. The molecule has 0 radical (unpaired) electrons. The van der Waals surface area contributed by atoms with Gasteiger partial charge in [-0.25, -0.2) is 8.78 Å². The predicted octanol–water partition coefficient (Wildman–Crippen LogP) is 3.43. The van der Waals surface area contributed by atoms with Gasteiger partial charge in [0.1, 0.15) is 0 Å². The highest BCUT2D eigenvalue weighted by molar-refractivity contribution is 6.09. The Morgan fingerprint density at radius 1 is 1.17 bits per heavy atom. The number of hydrogen-bond acceptors (Lipinski definition) is 7. The second-order valence-electron chi connectivity index (χ2n) is 10.6. The number of fused-ring (bicyclic) bond motifs is 3. The average molecular weight is 496 g/mol. The molecule has 11 heteroatoms. The fourth-order valence-electron chi connectivity index (χ4n) is 5.77. The van der Waals surface area contributed by atoms with E-state index in [4.69, 9.17) is 4.74 Å². The van der Waals surface area contributed by atoms with Crippen molar-refractivity contribution in [3.05, 3.63) is 47.4 Å². The van der Waals surface area contributed by atoms with Crippen molar-refractivity contribution in [2.75, 3.05) is 4.90 Å². The van der Waals surface area contributed by atoms with Gasteiger partial charge in [0.2, 0.25) is 5.88 Å². The number of carbonyl (C=O) groups is 1. The predicted molar refractivity (Wildman–Crippen MR) is 127 cm³/mol. The van der Waals surface area contributed by atoms with Crippen molar-refractivity contribution >= 4 is 11.7 Å². The Labute approximate surface area is 206 Å². The number of pyridine rings is 1. The van der Waals surface area contributed by atoms with Crippen LogP contribution in [0.4, 0.5) is 14.6 Å². The van der Waals surface area contributed by atoms with E-state index in [9.17, 15) is 4.79 Å². The van der Waals surface area contributed by atoms with Crippen molar-refractivity contribution in [2.45, 2.75) is 69.7 Å². The molecule has 3 aromatic rings. The van der Waals surface area contributed by atoms with Crippen molar-refractivity contribution in [3.8, 4) is 17.1 Å². The van der Waals surface area contributed by atoms with Gasteiger partial charge >= 0.3 is 5.92 Å². The smallest absolute Gasteiger partial charge is 0.301 e. The van der Waals surface area contributed by atoms with Gasteiger partial charge in [0.15, 0.2) is 11.9 Å². The summed E-state index contributed by atoms with van der Waals surface area (Å²) in [6.07, 6.45) is 3.46. The van der Waals surface area contributed by atoms with E-state index in [0.717, 1.165) is 16.8 Å². The average Bonchev–Trinajstić information content (AvgIpc) is 3.44. The van der Waals surface area contributed by atoms with Gasteiger partial charge in [-0.15, -0.1) is 10.2 Å². The fourth-order valence-corrected chi connectivity index (χ4v) is 5.77. The van der Waals surface area contributed by atoms with E-state index in [2.05, 4.69) is 25.6 Å². The maximum Gasteiger partial charge on any atom is 0.301 e. The van der Waals surface area contributed by atoms with E-state index in [1.165, 1.54) is 11.0 Å². The van der Waals surface area contributed by atoms with Gasteiger partial charge in [0, 0.05) is 54.2 Å². The number of ether oxygens (including phenoxy) is 1. The standard InChI is InChI=1S/C25H27F2N7O2/c1-14-17(13-33(4)31-14)18-9-16-15(11-28-18)12-34(22(16)35)20-5-6-21(30-29-20)36-19-10-23(2)7-8-24(3,32-23)25(19,26)27/h5-6,9,11,13,19,32H,7-8,10,12H2,1-4H3/t19-,23-,24+/m1/s1. The van der Waals surface area contributed by atoms with Crippen molar-refractivity contribution in [2.24, 2.45) is 7.05 Å². The van der Waals surface area contributed by atoms with Crippen molar-refractivity contribution < 1.29 is 18.3 Å². The van der Waals surface area contributed by atoms with Crippen LogP contribution in [-0.2, 0) is 13.6 Å². The van der Waals surface area contributed by atoms with Crippen LogP contribution in [0, 0.1) is 6.92 Å². The molecule has 1 amide bonds. The number of aromatic nitrogens is 5. The molecule has 36 heavy (non-hydrogen) atoms. The molecule has 0 unspecified atom stereocenters. The second kappa shape index (κ2) is 7.52. The van der Waals surface area contributed by atoms with Gasteiger partial charge in [0.25, 0.3) is 5.91 Å². The molecule has 0 aromatic carbocycles. The first kappa shape index (κ1) is 23.0. The molecule has 0 aliphatic carbocycles. The monoisotopic (exact) mass is 495 g/mol. The van der Waals surface area contributed by atoms with Crippen LogP contribution in [0.25, 0.3) is 11.3 Å². The summed E-state index contributed by atoms with van der Waals surface area (Å²) in [6, 6.07) is 4.83. The van der Waals surface area contributed by atoms with Gasteiger partial charge in [-0.3, -0.25) is 19.4 Å². The summed E-state index contributed by atoms with van der Waals surface area (Å²) in [5.74, 6) is -2.95. The van der Waals surface area contributed by atoms with Crippen LogP contribution in [0.3, 0.4) is 0 Å². The van der Waals surface area contributed by atoms with E-state index < -0.39 is 23.1 Å². The number of aryl methyl sites for hydroxylation is 2. The number of amides is 1. The third kappa shape index (κ3) is 3.40. The summed E-state index contributed by atoms with van der Waals surface area (Å²) in [5.41, 5.74) is 1.96. The molecule has 9 nitrogen and oxygen atoms in total. The zero-order valence-electron chi connectivity index (χ0n) is 20.5. The second-order valence-corrected chi connectivity index (χ2v) is 10.6. The Balaban J connectivity index is 1.21. The van der Waals surface area contributed by atoms with E-state index >= 15 is 8.78 Å². The van der Waals surface area contributed by atoms with E-state index in [0.29, 0.717) is 36.5 Å². The van der Waals surface area contributed by atoms with Crippen molar-refractivity contribution in [1.29, 1.82) is 0 Å². The van der Waals surface area contributed by atoms with Crippen molar-refractivity contribution in [3.63, 3.8) is 0 Å². The zero-order valence-corrected chi connectivity index (χ0v) is 20.5. The Kier molecular flexibility index (Phi) is 4.79. The Hall–Kier alpha value is -3.47. The van der Waals surface area contributed by atoms with E-state index in [1.807, 2.05) is 27.1 Å². The molecule has 0 spiro atoms. The van der Waals surface area contributed by atoms with E-state index in [1.54, 1.807) is 29.9 Å². The maximum absolute atomic E-state index is 15.2. The minimum Gasteiger partial charge on any atom is -0.467 e. The normalized spacial score (nSPS) is 28.4. The highest BCUT2D eigenvalue weighted by atomic mass is 19.3. The zero-order chi connectivity index (χ0) is 25.5. The van der Waals surface area contributed by atoms with E-state index in [-0.39, 0.29) is 18.2 Å². The SMILES string of the molecule is Cc1nn(C)cc1-c1cc2c(cn1)CN(c1ccc(O[C@@H]3C[C@@]4(C)CC[C@](C)(N4)C3(F)F)nn1)C2=O. The summed E-state index contributed by atoms with van der Waals surface area (Å²) in [6.45, 7) is 5.69. The topological polar surface area (TPSA) is 98.1 Å². The number of carbonyl (C=O) groups excluding carboxylic acids is 1. The molecule has 3 atom stereocenters. The molecule has 6 rings (SSSR count). The highest BCUT2D eigenvalue weighted by Crippen LogP contribution is 2.51. The molecular formula is C25H27F2N7O2. The van der Waals surface area contributed by atoms with Gasteiger partial charge in [-0.2, -0.15) is 5.10 Å². The lowest BCUT2D eigenvalue weighted by molar-refractivity contribution is -0.175. The lowest BCUT2D eigenvalue weighted by Crippen LogP contribution is -2.69. The quantitative estimate of drug-likeness (QED) is 0.592. The fraction of sp³-hybridized carbons (Fsp3) is 0.480. The molecule has 188 valence electrons. The lowest BCUT2D eigenvalue weighted by Gasteiger charge is -2.47. The maximum atomic E-state index is 15.2. The summed E-state index contributed by atoms with van der Waals surface area (Å²) >= 11 is 0. The summed E-state index contributed by atoms with van der Waals surface area (Å²) in [4.78, 5) is 19.2. The molecule has 3 aliphatic heterocycles. The van der Waals surface area contributed by atoms with Crippen molar-refractivity contribution in [1.82, 2.24) is 30.3 Å². The number of rotatable bonds is 4. The number of alkyl halides is 2. The van der Waals surface area contributed by atoms with Gasteiger partial charge in [0.05, 0.1) is 23.5 Å². The molecule has 2 fully saturated rings. The molecule has 2 saturated heterocycles.